The molecule has 4 aliphatic carbocycles. The van der Waals surface area contributed by atoms with Crippen LogP contribution in [0.5, 0.6) is 0 Å². The molecule has 0 saturated carbocycles. The highest BCUT2D eigenvalue weighted by Gasteiger charge is 2.47. The van der Waals surface area contributed by atoms with E-state index in [4.69, 9.17) is 0 Å². The fourth-order valence-electron chi connectivity index (χ4n) is 10.3. The van der Waals surface area contributed by atoms with Gasteiger partial charge in [-0.15, -0.1) is 0 Å². The average Bonchev–Trinajstić information content (AvgIpc) is 3.59. The highest BCUT2D eigenvalue weighted by molar-refractivity contribution is 6.13. The van der Waals surface area contributed by atoms with Crippen LogP contribution in [0, 0.1) is 6.92 Å². The summed E-state index contributed by atoms with van der Waals surface area (Å²) in [4.78, 5) is 5.03. The Morgan fingerprint density at radius 2 is 1.18 bits per heavy atom. The van der Waals surface area contributed by atoms with Crippen LogP contribution in [0.2, 0.25) is 0 Å². The van der Waals surface area contributed by atoms with Gasteiger partial charge in [0.25, 0.3) is 0 Å². The van der Waals surface area contributed by atoms with Crippen LogP contribution in [-0.2, 0) is 10.8 Å². The standard InChI is InChI=1S/C54H50N2/c1-35-21-25-39(26-22-35)55(37-15-9-7-10-16-37)41-29-31-45-47(33-41)53(3,4)51-49(45)43-19-13-14-20-44(43)50-46-32-30-42(34-48(46)54(5,6)52(50)51)56(38-17-11-8-12-18-38)40-27-23-36(2)24-28-40/h7-11,13-17,19-27,29-34,40H,12,18,28H2,1-6H3. The lowest BCUT2D eigenvalue weighted by Crippen LogP contribution is -2.34. The topological polar surface area (TPSA) is 6.48 Å². The third kappa shape index (κ3) is 5.22. The van der Waals surface area contributed by atoms with Gasteiger partial charge >= 0.3 is 0 Å². The first-order chi connectivity index (χ1) is 27.1. The summed E-state index contributed by atoms with van der Waals surface area (Å²) in [6.45, 7) is 14.3. The van der Waals surface area contributed by atoms with E-state index in [1.54, 1.807) is 0 Å². The average molecular weight is 727 g/mol. The van der Waals surface area contributed by atoms with Gasteiger partial charge in [0.1, 0.15) is 0 Å². The summed E-state index contributed by atoms with van der Waals surface area (Å²) in [5.74, 6) is 0. The lowest BCUT2D eigenvalue weighted by molar-refractivity contribution is 0.601. The van der Waals surface area contributed by atoms with Crippen LogP contribution in [0.4, 0.5) is 22.7 Å². The Hall–Kier alpha value is -5.86. The minimum atomic E-state index is -0.227. The highest BCUT2D eigenvalue weighted by Crippen LogP contribution is 2.62. The summed E-state index contributed by atoms with van der Waals surface area (Å²) in [5.41, 5.74) is 19.7. The molecule has 0 heterocycles. The van der Waals surface area contributed by atoms with Crippen LogP contribution in [0.1, 0.15) is 81.7 Å². The van der Waals surface area contributed by atoms with Gasteiger partial charge < -0.3 is 9.80 Å². The predicted octanol–water partition coefficient (Wildman–Crippen LogP) is 14.5. The van der Waals surface area contributed by atoms with Gasteiger partial charge in [0.05, 0.1) is 6.04 Å². The number of hydrogen-bond acceptors (Lipinski definition) is 2. The Balaban J connectivity index is 1.15. The fourth-order valence-corrected chi connectivity index (χ4v) is 10.3. The Labute approximate surface area is 332 Å². The highest BCUT2D eigenvalue weighted by atomic mass is 15.2. The summed E-state index contributed by atoms with van der Waals surface area (Å²) < 4.78 is 0. The molecule has 0 radical (unpaired) electrons. The molecule has 10 rings (SSSR count). The summed E-state index contributed by atoms with van der Waals surface area (Å²) >= 11 is 0. The lowest BCUT2D eigenvalue weighted by Gasteiger charge is -2.36. The molecule has 0 fully saturated rings. The molecule has 2 nitrogen and oxygen atoms in total. The van der Waals surface area contributed by atoms with Crippen molar-refractivity contribution in [2.24, 2.45) is 0 Å². The van der Waals surface area contributed by atoms with Crippen molar-refractivity contribution in [1.82, 2.24) is 0 Å². The van der Waals surface area contributed by atoms with E-state index in [-0.39, 0.29) is 10.8 Å². The Kier molecular flexibility index (Phi) is 7.94. The Morgan fingerprint density at radius 1 is 0.607 bits per heavy atom. The minimum absolute atomic E-state index is 0.208. The maximum atomic E-state index is 2.62. The van der Waals surface area contributed by atoms with Crippen LogP contribution in [0.3, 0.4) is 0 Å². The number of aryl methyl sites for hydroxylation is 1. The van der Waals surface area contributed by atoms with E-state index in [0.29, 0.717) is 6.04 Å². The number of rotatable bonds is 6. The summed E-state index contributed by atoms with van der Waals surface area (Å²) in [7, 11) is 0. The molecule has 0 amide bonds. The van der Waals surface area contributed by atoms with Gasteiger partial charge in [-0.2, -0.15) is 0 Å². The van der Waals surface area contributed by atoms with Gasteiger partial charge in [-0.3, -0.25) is 0 Å². The van der Waals surface area contributed by atoms with Crippen molar-refractivity contribution >= 4 is 33.5 Å². The molecule has 6 aromatic rings. The Bertz CT molecular complexity index is 2680. The lowest BCUT2D eigenvalue weighted by atomic mass is 9.71. The largest absolute Gasteiger partial charge is 0.338 e. The van der Waals surface area contributed by atoms with Gasteiger partial charge in [0.15, 0.2) is 0 Å². The van der Waals surface area contributed by atoms with Crippen molar-refractivity contribution in [2.75, 3.05) is 9.80 Å². The number of allylic oxidation sites excluding steroid dienone is 6. The molecule has 56 heavy (non-hydrogen) atoms. The molecule has 1 atom stereocenters. The molecule has 2 heteroatoms. The summed E-state index contributed by atoms with van der Waals surface area (Å²) in [5, 5.41) is 2.70. The Morgan fingerprint density at radius 3 is 1.77 bits per heavy atom. The second-order valence-corrected chi connectivity index (χ2v) is 17.4. The van der Waals surface area contributed by atoms with Gasteiger partial charge in [-0.1, -0.05) is 136 Å². The van der Waals surface area contributed by atoms with E-state index in [9.17, 15) is 0 Å². The van der Waals surface area contributed by atoms with Crippen LogP contribution < -0.4 is 9.80 Å². The van der Waals surface area contributed by atoms with Crippen molar-refractivity contribution in [3.05, 3.63) is 191 Å². The monoisotopic (exact) mass is 726 g/mol. The number of nitrogens with zero attached hydrogens (tertiary/aromatic N) is 2. The SMILES string of the molecule is CC1=CCC(N(C2=CC=CCC2)c2ccc3c(c2)C(C)(C)c2c4c(c5ccccc5c2-3)-c2ccc(N(c3ccccc3)c3ccc(C)cc3)cc2C4(C)C)C=C1. The minimum Gasteiger partial charge on any atom is -0.338 e. The van der Waals surface area contributed by atoms with Gasteiger partial charge in [-0.05, 0) is 143 Å². The molecule has 0 N–H and O–H groups in total. The van der Waals surface area contributed by atoms with E-state index < -0.39 is 0 Å². The molecule has 0 bridgehead atoms. The first kappa shape index (κ1) is 34.6. The second kappa shape index (κ2) is 12.8. The predicted molar refractivity (Wildman–Crippen MR) is 239 cm³/mol. The first-order valence-corrected chi connectivity index (χ1v) is 20.4. The normalized spacial score (nSPS) is 18.1. The van der Waals surface area contributed by atoms with Crippen LogP contribution in [0.15, 0.2) is 163 Å². The van der Waals surface area contributed by atoms with E-state index in [0.717, 1.165) is 30.6 Å². The van der Waals surface area contributed by atoms with Crippen molar-refractivity contribution in [3.63, 3.8) is 0 Å². The maximum absolute atomic E-state index is 2.62. The van der Waals surface area contributed by atoms with Crippen LogP contribution in [-0.4, -0.2) is 6.04 Å². The maximum Gasteiger partial charge on any atom is 0.0556 e. The molecule has 0 aliphatic heterocycles. The number of fused-ring (bicyclic) bond motifs is 10. The quantitative estimate of drug-likeness (QED) is 0.169. The van der Waals surface area contributed by atoms with Crippen molar-refractivity contribution < 1.29 is 0 Å². The van der Waals surface area contributed by atoms with Crippen LogP contribution in [0.25, 0.3) is 33.0 Å². The summed E-state index contributed by atoms with van der Waals surface area (Å²) in [6.07, 6.45) is 17.1. The molecule has 276 valence electrons. The van der Waals surface area contributed by atoms with E-state index in [1.807, 2.05) is 0 Å². The van der Waals surface area contributed by atoms with Crippen molar-refractivity contribution in [3.8, 4) is 22.3 Å². The number of hydrogen-bond donors (Lipinski definition) is 0. The first-order valence-electron chi connectivity index (χ1n) is 20.4. The molecular weight excluding hydrogens is 677 g/mol. The van der Waals surface area contributed by atoms with E-state index in [1.165, 1.54) is 83.5 Å². The van der Waals surface area contributed by atoms with Crippen molar-refractivity contribution in [1.29, 1.82) is 0 Å². The zero-order valence-electron chi connectivity index (χ0n) is 33.5. The third-order valence-electron chi connectivity index (χ3n) is 13.1. The van der Waals surface area contributed by atoms with Gasteiger partial charge in [0.2, 0.25) is 0 Å². The van der Waals surface area contributed by atoms with E-state index in [2.05, 4.69) is 203 Å². The van der Waals surface area contributed by atoms with Crippen molar-refractivity contribution in [2.45, 2.75) is 77.7 Å². The molecule has 0 spiro atoms. The van der Waals surface area contributed by atoms with Gasteiger partial charge in [-0.25, -0.2) is 0 Å². The smallest absolute Gasteiger partial charge is 0.0556 e. The molecule has 4 aliphatic rings. The number of para-hydroxylation sites is 1. The summed E-state index contributed by atoms with van der Waals surface area (Å²) in [6, 6.07) is 43.8. The van der Waals surface area contributed by atoms with Gasteiger partial charge in [0, 0.05) is 39.3 Å². The number of anilines is 4. The zero-order chi connectivity index (χ0) is 38.3. The van der Waals surface area contributed by atoms with E-state index >= 15 is 0 Å². The zero-order valence-corrected chi connectivity index (χ0v) is 33.5. The molecular formula is C54H50N2. The molecule has 1 unspecified atom stereocenters. The number of benzene rings is 6. The van der Waals surface area contributed by atoms with Crippen LogP contribution >= 0.6 is 0 Å². The fraction of sp³-hybridized carbons (Fsp3) is 0.222. The molecule has 0 saturated heterocycles. The third-order valence-corrected chi connectivity index (χ3v) is 13.1. The molecule has 0 aromatic heterocycles. The molecule has 6 aromatic carbocycles. The second-order valence-electron chi connectivity index (χ2n) is 17.4.